The number of aromatic nitrogens is 1. The normalized spacial score (nSPS) is 13.2. The van der Waals surface area contributed by atoms with E-state index in [4.69, 9.17) is 0 Å². The second kappa shape index (κ2) is 5.64. The third-order valence-electron chi connectivity index (χ3n) is 2.85. The maximum Gasteiger partial charge on any atom is 0.185 e. The lowest BCUT2D eigenvalue weighted by atomic mass is 10.1. The van der Waals surface area contributed by atoms with E-state index in [2.05, 4.69) is 42.9 Å². The van der Waals surface area contributed by atoms with E-state index in [1.807, 2.05) is 14.1 Å². The molecule has 92 valence electrons. The molecule has 0 aromatic carbocycles. The van der Waals surface area contributed by atoms with Gasteiger partial charge < -0.3 is 10.2 Å². The SMILES string of the molecule is Cc1nc(N(C)C)sc1CNC(C)C(C)C. The maximum absolute atomic E-state index is 4.54. The van der Waals surface area contributed by atoms with E-state index in [1.165, 1.54) is 4.88 Å². The molecule has 0 fully saturated rings. The van der Waals surface area contributed by atoms with Gasteiger partial charge in [0, 0.05) is 31.6 Å². The summed E-state index contributed by atoms with van der Waals surface area (Å²) in [4.78, 5) is 7.94. The fourth-order valence-electron chi connectivity index (χ4n) is 1.26. The molecule has 4 heteroatoms. The molecule has 0 aliphatic carbocycles. The van der Waals surface area contributed by atoms with Crippen molar-refractivity contribution < 1.29 is 0 Å². The van der Waals surface area contributed by atoms with Gasteiger partial charge in [0.15, 0.2) is 5.13 Å². The van der Waals surface area contributed by atoms with Gasteiger partial charge in [-0.15, -0.1) is 11.3 Å². The van der Waals surface area contributed by atoms with Gasteiger partial charge in [0.25, 0.3) is 0 Å². The zero-order valence-corrected chi connectivity index (χ0v) is 12.0. The number of rotatable bonds is 5. The van der Waals surface area contributed by atoms with Crippen molar-refractivity contribution >= 4 is 16.5 Å². The minimum absolute atomic E-state index is 0.546. The van der Waals surface area contributed by atoms with Crippen LogP contribution >= 0.6 is 11.3 Å². The number of aryl methyl sites for hydroxylation is 1. The average molecular weight is 241 g/mol. The Morgan fingerprint density at radius 1 is 1.31 bits per heavy atom. The lowest BCUT2D eigenvalue weighted by molar-refractivity contribution is 0.427. The van der Waals surface area contributed by atoms with Crippen molar-refractivity contribution in [2.75, 3.05) is 19.0 Å². The first-order valence-corrected chi connectivity index (χ1v) is 6.60. The molecule has 1 aromatic rings. The molecule has 1 aromatic heterocycles. The van der Waals surface area contributed by atoms with Crippen molar-refractivity contribution in [3.8, 4) is 0 Å². The van der Waals surface area contributed by atoms with Crippen LogP contribution in [0.25, 0.3) is 0 Å². The summed E-state index contributed by atoms with van der Waals surface area (Å²) in [5, 5.41) is 4.63. The summed E-state index contributed by atoms with van der Waals surface area (Å²) in [5.41, 5.74) is 1.15. The first-order chi connectivity index (χ1) is 7.41. The third-order valence-corrected chi connectivity index (χ3v) is 4.17. The molecule has 0 aliphatic rings. The molecule has 0 aliphatic heterocycles. The van der Waals surface area contributed by atoms with Gasteiger partial charge in [-0.3, -0.25) is 0 Å². The van der Waals surface area contributed by atoms with Crippen molar-refractivity contribution in [3.63, 3.8) is 0 Å². The average Bonchev–Trinajstić information content (AvgIpc) is 2.56. The molecule has 0 saturated heterocycles. The zero-order chi connectivity index (χ0) is 12.3. The van der Waals surface area contributed by atoms with E-state index >= 15 is 0 Å². The highest BCUT2D eigenvalue weighted by molar-refractivity contribution is 7.15. The van der Waals surface area contributed by atoms with Gasteiger partial charge in [0.2, 0.25) is 0 Å². The van der Waals surface area contributed by atoms with E-state index in [9.17, 15) is 0 Å². The molecule has 0 bridgehead atoms. The van der Waals surface area contributed by atoms with Crippen molar-refractivity contribution in [1.82, 2.24) is 10.3 Å². The minimum Gasteiger partial charge on any atom is -0.354 e. The maximum atomic E-state index is 4.54. The molecule has 0 spiro atoms. The van der Waals surface area contributed by atoms with Gasteiger partial charge in [0.1, 0.15) is 0 Å². The molecular formula is C12H23N3S. The fourth-order valence-corrected chi connectivity index (χ4v) is 2.19. The Kier molecular flexibility index (Phi) is 4.74. The molecule has 16 heavy (non-hydrogen) atoms. The Morgan fingerprint density at radius 2 is 1.94 bits per heavy atom. The number of anilines is 1. The van der Waals surface area contributed by atoms with Gasteiger partial charge in [-0.2, -0.15) is 0 Å². The van der Waals surface area contributed by atoms with Crippen LogP contribution in [0, 0.1) is 12.8 Å². The number of nitrogens with zero attached hydrogens (tertiary/aromatic N) is 2. The Balaban J connectivity index is 2.60. The lowest BCUT2D eigenvalue weighted by Crippen LogP contribution is -2.30. The lowest BCUT2D eigenvalue weighted by Gasteiger charge is -2.16. The number of hydrogen-bond acceptors (Lipinski definition) is 4. The van der Waals surface area contributed by atoms with Crippen LogP contribution in [0.3, 0.4) is 0 Å². The van der Waals surface area contributed by atoms with Gasteiger partial charge >= 0.3 is 0 Å². The molecule has 1 rings (SSSR count). The van der Waals surface area contributed by atoms with Gasteiger partial charge in [0.05, 0.1) is 5.69 Å². The monoisotopic (exact) mass is 241 g/mol. The van der Waals surface area contributed by atoms with Crippen LogP contribution in [0.1, 0.15) is 31.3 Å². The Hall–Kier alpha value is -0.610. The summed E-state index contributed by atoms with van der Waals surface area (Å²) in [6.45, 7) is 9.72. The Morgan fingerprint density at radius 3 is 2.38 bits per heavy atom. The van der Waals surface area contributed by atoms with Crippen LogP contribution in [-0.4, -0.2) is 25.1 Å². The van der Waals surface area contributed by atoms with Gasteiger partial charge in [-0.05, 0) is 19.8 Å². The summed E-state index contributed by atoms with van der Waals surface area (Å²) in [7, 11) is 4.07. The topological polar surface area (TPSA) is 28.2 Å². The molecule has 1 unspecified atom stereocenters. The van der Waals surface area contributed by atoms with E-state index in [0.717, 1.165) is 17.4 Å². The summed E-state index contributed by atoms with van der Waals surface area (Å²) in [6.07, 6.45) is 0. The van der Waals surface area contributed by atoms with E-state index in [0.29, 0.717) is 12.0 Å². The first-order valence-electron chi connectivity index (χ1n) is 5.78. The number of hydrogen-bond donors (Lipinski definition) is 1. The van der Waals surface area contributed by atoms with Gasteiger partial charge in [-0.25, -0.2) is 4.98 Å². The summed E-state index contributed by atoms with van der Waals surface area (Å²) in [6, 6.07) is 0.546. The summed E-state index contributed by atoms with van der Waals surface area (Å²) in [5.74, 6) is 0.668. The van der Waals surface area contributed by atoms with Crippen molar-refractivity contribution in [3.05, 3.63) is 10.6 Å². The molecule has 1 atom stereocenters. The smallest absolute Gasteiger partial charge is 0.185 e. The van der Waals surface area contributed by atoms with Crippen molar-refractivity contribution in [1.29, 1.82) is 0 Å². The standard InChI is InChI=1S/C12H23N3S/c1-8(2)9(3)13-7-11-10(4)14-12(16-11)15(5)6/h8-9,13H,7H2,1-6H3. The Bertz CT molecular complexity index is 331. The van der Waals surface area contributed by atoms with E-state index in [1.54, 1.807) is 11.3 Å². The summed E-state index contributed by atoms with van der Waals surface area (Å²) < 4.78 is 0. The van der Waals surface area contributed by atoms with Crippen LogP contribution in [0.2, 0.25) is 0 Å². The molecule has 0 saturated carbocycles. The number of nitrogens with one attached hydrogen (secondary N) is 1. The molecule has 1 N–H and O–H groups in total. The third kappa shape index (κ3) is 3.46. The van der Waals surface area contributed by atoms with Crippen LogP contribution < -0.4 is 10.2 Å². The fraction of sp³-hybridized carbons (Fsp3) is 0.750. The first kappa shape index (κ1) is 13.5. The Labute approximate surface area is 103 Å². The highest BCUT2D eigenvalue weighted by Gasteiger charge is 2.11. The van der Waals surface area contributed by atoms with Crippen molar-refractivity contribution in [2.45, 2.75) is 40.3 Å². The highest BCUT2D eigenvalue weighted by Crippen LogP contribution is 2.24. The second-order valence-corrected chi connectivity index (χ2v) is 5.88. The van der Waals surface area contributed by atoms with Crippen molar-refractivity contribution in [2.24, 2.45) is 5.92 Å². The zero-order valence-electron chi connectivity index (χ0n) is 11.2. The molecular weight excluding hydrogens is 218 g/mol. The molecule has 1 heterocycles. The predicted molar refractivity (Wildman–Crippen MR) is 72.3 cm³/mol. The van der Waals surface area contributed by atoms with E-state index < -0.39 is 0 Å². The predicted octanol–water partition coefficient (Wildman–Crippen LogP) is 2.65. The largest absolute Gasteiger partial charge is 0.354 e. The minimum atomic E-state index is 0.546. The number of thiazole rings is 1. The molecule has 0 amide bonds. The highest BCUT2D eigenvalue weighted by atomic mass is 32.1. The molecule has 3 nitrogen and oxygen atoms in total. The van der Waals surface area contributed by atoms with Crippen LogP contribution in [0.15, 0.2) is 0 Å². The summed E-state index contributed by atoms with van der Waals surface area (Å²) >= 11 is 1.77. The van der Waals surface area contributed by atoms with Crippen LogP contribution in [0.4, 0.5) is 5.13 Å². The van der Waals surface area contributed by atoms with E-state index in [-0.39, 0.29) is 0 Å². The van der Waals surface area contributed by atoms with Gasteiger partial charge in [-0.1, -0.05) is 13.8 Å². The van der Waals surface area contributed by atoms with Crippen LogP contribution in [-0.2, 0) is 6.54 Å². The van der Waals surface area contributed by atoms with Crippen LogP contribution in [0.5, 0.6) is 0 Å². The second-order valence-electron chi connectivity index (χ2n) is 4.81. The molecule has 0 radical (unpaired) electrons. The quantitative estimate of drug-likeness (QED) is 0.859.